The van der Waals surface area contributed by atoms with E-state index in [0.717, 1.165) is 55.2 Å². The highest BCUT2D eigenvalue weighted by molar-refractivity contribution is 5.94. The third-order valence-corrected chi connectivity index (χ3v) is 6.06. The number of quaternary nitrogens is 1. The number of fused-ring (bicyclic) bond motifs is 2. The molecule has 0 radical (unpaired) electrons. The molecule has 4 heteroatoms. The number of carbonyl (C=O) groups is 1. The molecule has 2 bridgehead atoms. The second-order valence-corrected chi connectivity index (χ2v) is 7.52. The Balaban J connectivity index is 1.29. The number of hydrogen-bond donors (Lipinski definition) is 1. The van der Waals surface area contributed by atoms with Crippen LogP contribution in [0.25, 0.3) is 0 Å². The lowest BCUT2D eigenvalue weighted by Crippen LogP contribution is -3.15. The highest BCUT2D eigenvalue weighted by Gasteiger charge is 2.38. The summed E-state index contributed by atoms with van der Waals surface area (Å²) in [7, 11) is 1.64. The monoisotopic (exact) mass is 327 g/mol. The molecular formula is C20H27N2O2+. The van der Waals surface area contributed by atoms with E-state index in [4.69, 9.17) is 4.74 Å². The van der Waals surface area contributed by atoms with Crippen molar-refractivity contribution in [3.05, 3.63) is 42.0 Å². The predicted octanol–water partition coefficient (Wildman–Crippen LogP) is 1.25. The van der Waals surface area contributed by atoms with Crippen LogP contribution in [0.4, 0.5) is 0 Å². The molecule has 4 nitrogen and oxygen atoms in total. The highest BCUT2D eigenvalue weighted by atomic mass is 16.5. The number of ether oxygens (including phenoxy) is 1. The van der Waals surface area contributed by atoms with E-state index in [1.165, 1.54) is 19.4 Å². The molecule has 1 heterocycles. The fraction of sp³-hybridized carbons (Fsp3) is 0.550. The van der Waals surface area contributed by atoms with Gasteiger partial charge in [-0.3, -0.25) is 4.79 Å². The molecule has 128 valence electrons. The van der Waals surface area contributed by atoms with Crippen LogP contribution in [0.3, 0.4) is 0 Å². The van der Waals surface area contributed by atoms with E-state index in [0.29, 0.717) is 0 Å². The standard InChI is InChI=1S/C20H26N2O2/c1-24-19-6-4-16(5-7-19)20(23)22-10-8-21(9-11-22)14-18-13-15-2-3-17(18)12-15/h2-7,15,17-18H,8-14H2,1H3/p+1/t15-,17+,18+/m1/s1. The van der Waals surface area contributed by atoms with Crippen molar-refractivity contribution in [1.29, 1.82) is 0 Å². The Morgan fingerprint density at radius 2 is 1.92 bits per heavy atom. The molecule has 24 heavy (non-hydrogen) atoms. The van der Waals surface area contributed by atoms with Gasteiger partial charge in [0.25, 0.3) is 5.91 Å². The van der Waals surface area contributed by atoms with E-state index in [-0.39, 0.29) is 5.91 Å². The summed E-state index contributed by atoms with van der Waals surface area (Å²) < 4.78 is 5.16. The van der Waals surface area contributed by atoms with Crippen LogP contribution in [0.1, 0.15) is 23.2 Å². The van der Waals surface area contributed by atoms with E-state index in [2.05, 4.69) is 12.2 Å². The van der Waals surface area contributed by atoms with Gasteiger partial charge in [-0.25, -0.2) is 0 Å². The topological polar surface area (TPSA) is 34.0 Å². The molecular weight excluding hydrogens is 300 g/mol. The highest BCUT2D eigenvalue weighted by Crippen LogP contribution is 2.42. The van der Waals surface area contributed by atoms with Gasteiger partial charge in [0.15, 0.2) is 0 Å². The number of nitrogens with zero attached hydrogens (tertiary/aromatic N) is 1. The molecule has 3 aliphatic rings. The third kappa shape index (κ3) is 3.07. The molecule has 1 saturated heterocycles. The lowest BCUT2D eigenvalue weighted by atomic mass is 9.93. The minimum absolute atomic E-state index is 0.152. The average Bonchev–Trinajstić information content (AvgIpc) is 3.25. The van der Waals surface area contributed by atoms with Crippen molar-refractivity contribution in [2.24, 2.45) is 17.8 Å². The van der Waals surface area contributed by atoms with Crippen molar-refractivity contribution < 1.29 is 14.4 Å². The summed E-state index contributed by atoms with van der Waals surface area (Å²) in [5.41, 5.74) is 0.762. The van der Waals surface area contributed by atoms with Gasteiger partial charge >= 0.3 is 0 Å². The summed E-state index contributed by atoms with van der Waals surface area (Å²) in [6.45, 7) is 5.20. The van der Waals surface area contributed by atoms with Crippen molar-refractivity contribution in [3.63, 3.8) is 0 Å². The number of benzene rings is 1. The first kappa shape index (κ1) is 15.7. The Hall–Kier alpha value is -1.81. The van der Waals surface area contributed by atoms with E-state index in [1.54, 1.807) is 12.0 Å². The zero-order valence-electron chi connectivity index (χ0n) is 14.4. The van der Waals surface area contributed by atoms with Crippen molar-refractivity contribution in [3.8, 4) is 5.75 Å². The summed E-state index contributed by atoms with van der Waals surface area (Å²) in [6, 6.07) is 7.44. The smallest absolute Gasteiger partial charge is 0.254 e. The fourth-order valence-electron chi connectivity index (χ4n) is 4.65. The zero-order chi connectivity index (χ0) is 16.5. The maximum Gasteiger partial charge on any atom is 0.254 e. The number of methoxy groups -OCH3 is 1. The molecule has 1 saturated carbocycles. The molecule has 0 spiro atoms. The lowest BCUT2D eigenvalue weighted by molar-refractivity contribution is -0.907. The van der Waals surface area contributed by atoms with Gasteiger partial charge in [-0.2, -0.15) is 0 Å². The number of hydrogen-bond acceptors (Lipinski definition) is 2. The van der Waals surface area contributed by atoms with Crippen LogP contribution < -0.4 is 9.64 Å². The maximum atomic E-state index is 12.6. The van der Waals surface area contributed by atoms with E-state index >= 15 is 0 Å². The van der Waals surface area contributed by atoms with Crippen molar-refractivity contribution >= 4 is 5.91 Å². The molecule has 2 aliphatic carbocycles. The van der Waals surface area contributed by atoms with Crippen molar-refractivity contribution in [1.82, 2.24) is 4.90 Å². The van der Waals surface area contributed by atoms with Crippen molar-refractivity contribution in [2.45, 2.75) is 12.8 Å². The first-order valence-corrected chi connectivity index (χ1v) is 9.18. The molecule has 1 N–H and O–H groups in total. The first-order chi connectivity index (χ1) is 11.7. The SMILES string of the molecule is COc1ccc(C(=O)N2CC[NH+](C[C@@H]3C[C@@H]4C=C[C@H]3C4)CC2)cc1. The van der Waals surface area contributed by atoms with Gasteiger partial charge in [0.1, 0.15) is 5.75 Å². The minimum atomic E-state index is 0.152. The van der Waals surface area contributed by atoms with Crippen LogP contribution in [-0.2, 0) is 0 Å². The van der Waals surface area contributed by atoms with Gasteiger partial charge in [-0.1, -0.05) is 12.2 Å². The molecule has 1 aromatic rings. The van der Waals surface area contributed by atoms with Gasteiger partial charge in [-0.15, -0.1) is 0 Å². The summed E-state index contributed by atoms with van der Waals surface area (Å²) in [6.07, 6.45) is 7.64. The van der Waals surface area contributed by atoms with Crippen LogP contribution in [0.2, 0.25) is 0 Å². The molecule has 1 amide bonds. The molecule has 1 aromatic carbocycles. The van der Waals surface area contributed by atoms with Crippen molar-refractivity contribution in [2.75, 3.05) is 39.8 Å². The van der Waals surface area contributed by atoms with Crippen LogP contribution in [0.5, 0.6) is 5.75 Å². The number of nitrogens with one attached hydrogen (secondary N) is 1. The Kier molecular flexibility index (Phi) is 4.31. The largest absolute Gasteiger partial charge is 0.497 e. The molecule has 4 rings (SSSR count). The lowest BCUT2D eigenvalue weighted by Gasteiger charge is -2.34. The summed E-state index contributed by atoms with van der Waals surface area (Å²) in [5.74, 6) is 3.51. The third-order valence-electron chi connectivity index (χ3n) is 6.06. The van der Waals surface area contributed by atoms with Crippen LogP contribution in [-0.4, -0.2) is 50.6 Å². The summed E-state index contributed by atoms with van der Waals surface area (Å²) >= 11 is 0. The second kappa shape index (κ2) is 6.60. The molecule has 0 aromatic heterocycles. The fourth-order valence-corrected chi connectivity index (χ4v) is 4.65. The van der Waals surface area contributed by atoms with E-state index in [9.17, 15) is 4.79 Å². The van der Waals surface area contributed by atoms with Gasteiger partial charge in [0, 0.05) is 11.5 Å². The molecule has 1 aliphatic heterocycles. The molecule has 2 fully saturated rings. The number of carbonyl (C=O) groups excluding carboxylic acids is 1. The number of allylic oxidation sites excluding steroid dienone is 2. The van der Waals surface area contributed by atoms with E-state index < -0.39 is 0 Å². The molecule has 3 atom stereocenters. The number of piperazine rings is 1. The summed E-state index contributed by atoms with van der Waals surface area (Å²) in [5, 5.41) is 0. The van der Waals surface area contributed by atoms with Gasteiger partial charge in [0.05, 0.1) is 39.8 Å². The first-order valence-electron chi connectivity index (χ1n) is 9.18. The Morgan fingerprint density at radius 1 is 1.17 bits per heavy atom. The number of rotatable bonds is 4. The van der Waals surface area contributed by atoms with Gasteiger partial charge in [0.2, 0.25) is 0 Å². The van der Waals surface area contributed by atoms with Crippen LogP contribution >= 0.6 is 0 Å². The number of amides is 1. The van der Waals surface area contributed by atoms with Crippen LogP contribution in [0.15, 0.2) is 36.4 Å². The minimum Gasteiger partial charge on any atom is -0.497 e. The normalized spacial score (nSPS) is 29.2. The average molecular weight is 327 g/mol. The van der Waals surface area contributed by atoms with Gasteiger partial charge < -0.3 is 14.5 Å². The maximum absolute atomic E-state index is 12.6. The Bertz CT molecular complexity index is 617. The Labute approximate surface area is 144 Å². The Morgan fingerprint density at radius 3 is 2.50 bits per heavy atom. The zero-order valence-corrected chi connectivity index (χ0v) is 14.4. The van der Waals surface area contributed by atoms with Gasteiger partial charge in [-0.05, 0) is 48.9 Å². The van der Waals surface area contributed by atoms with Crippen LogP contribution in [0, 0.1) is 17.8 Å². The quantitative estimate of drug-likeness (QED) is 0.845. The molecule has 0 unspecified atom stereocenters. The summed E-state index contributed by atoms with van der Waals surface area (Å²) in [4.78, 5) is 16.3. The van der Waals surface area contributed by atoms with E-state index in [1.807, 2.05) is 29.2 Å². The predicted molar refractivity (Wildman–Crippen MR) is 93.3 cm³/mol. The second-order valence-electron chi connectivity index (χ2n) is 7.52.